The van der Waals surface area contributed by atoms with E-state index in [1.807, 2.05) is 77.0 Å². The second-order valence-electron chi connectivity index (χ2n) is 20.2. The van der Waals surface area contributed by atoms with Gasteiger partial charge in [0.05, 0.1) is 41.5 Å². The third-order valence-electron chi connectivity index (χ3n) is 14.2. The van der Waals surface area contributed by atoms with E-state index in [0.29, 0.717) is 44.1 Å². The van der Waals surface area contributed by atoms with Crippen LogP contribution in [0.5, 0.6) is 0 Å². The predicted molar refractivity (Wildman–Crippen MR) is 252 cm³/mol. The first kappa shape index (κ1) is 55.5. The Morgan fingerprint density at radius 3 is 2.23 bits per heavy atom. The molecule has 1 aromatic rings. The highest BCUT2D eigenvalue weighted by Crippen LogP contribution is 2.40. The number of cyclic esters (lactones) is 1. The predicted octanol–water partition coefficient (Wildman–Crippen LogP) is 3.33. The van der Waals surface area contributed by atoms with Gasteiger partial charge < -0.3 is 69.5 Å². The van der Waals surface area contributed by atoms with E-state index in [-0.39, 0.29) is 37.3 Å². The van der Waals surface area contributed by atoms with Crippen molar-refractivity contribution in [1.82, 2.24) is 20.4 Å². The largest absolute Gasteiger partial charge is 0.459 e. The summed E-state index contributed by atoms with van der Waals surface area (Å²) in [4.78, 5) is 18.6. The Morgan fingerprint density at radius 2 is 1.62 bits per heavy atom. The van der Waals surface area contributed by atoms with Gasteiger partial charge in [-0.1, -0.05) is 51.1 Å². The van der Waals surface area contributed by atoms with Gasteiger partial charge >= 0.3 is 5.97 Å². The summed E-state index contributed by atoms with van der Waals surface area (Å²) in [6, 6.07) is 9.04. The molecule has 65 heavy (non-hydrogen) atoms. The topological polar surface area (TPSA) is 204 Å². The van der Waals surface area contributed by atoms with Crippen LogP contribution in [0.25, 0.3) is 0 Å². The highest BCUT2D eigenvalue weighted by molar-refractivity contribution is 7.80. The zero-order chi connectivity index (χ0) is 48.6. The summed E-state index contributed by atoms with van der Waals surface area (Å²) in [6.07, 6.45) is -8.07. The maximum atomic E-state index is 14.5. The summed E-state index contributed by atoms with van der Waals surface area (Å²) < 4.78 is 38.1. The molecule has 0 aromatic heterocycles. The quantitative estimate of drug-likeness (QED) is 0.0862. The number of esters is 1. The Hall–Kier alpha value is -2.10. The van der Waals surface area contributed by atoms with Gasteiger partial charge in [-0.05, 0) is 112 Å². The molecule has 7 N–H and O–H groups in total. The lowest BCUT2D eigenvalue weighted by molar-refractivity contribution is -0.318. The van der Waals surface area contributed by atoms with Gasteiger partial charge in [-0.3, -0.25) is 9.69 Å². The van der Waals surface area contributed by atoms with Gasteiger partial charge in [0, 0.05) is 57.7 Å². The van der Waals surface area contributed by atoms with Crippen molar-refractivity contribution in [3.05, 3.63) is 35.9 Å². The second kappa shape index (κ2) is 24.0. The summed E-state index contributed by atoms with van der Waals surface area (Å²) in [5.74, 6) is -2.76. The van der Waals surface area contributed by atoms with Crippen LogP contribution in [0.4, 0.5) is 0 Å². The van der Waals surface area contributed by atoms with Crippen LogP contribution in [0, 0.1) is 17.8 Å². The molecule has 374 valence electrons. The van der Waals surface area contributed by atoms with Crippen LogP contribution < -0.4 is 10.6 Å². The molecule has 3 fully saturated rings. The summed E-state index contributed by atoms with van der Waals surface area (Å²) in [7, 11) is 5.28. The molecule has 0 unspecified atom stereocenters. The summed E-state index contributed by atoms with van der Waals surface area (Å²) in [5.41, 5.74) is -3.44. The number of ether oxygens (including phenoxy) is 6. The molecule has 0 saturated carbocycles. The minimum absolute atomic E-state index is 0.114. The van der Waals surface area contributed by atoms with Crippen molar-refractivity contribution in [2.75, 3.05) is 40.8 Å². The molecule has 3 aliphatic rings. The highest BCUT2D eigenvalue weighted by Gasteiger charge is 2.53. The maximum Gasteiger partial charge on any atom is 0.311 e. The van der Waals surface area contributed by atoms with Crippen molar-refractivity contribution in [2.24, 2.45) is 17.8 Å². The third kappa shape index (κ3) is 14.2. The van der Waals surface area contributed by atoms with Crippen LogP contribution in [0.15, 0.2) is 30.3 Å². The number of nitrogens with zero attached hydrogens (tertiary/aromatic N) is 2. The zero-order valence-electron chi connectivity index (χ0n) is 41.3. The molecule has 0 bridgehead atoms. The first-order chi connectivity index (χ1) is 30.4. The van der Waals surface area contributed by atoms with Crippen molar-refractivity contribution in [2.45, 2.75) is 198 Å². The lowest BCUT2D eigenvalue weighted by Gasteiger charge is -2.48. The Kier molecular flexibility index (Phi) is 20.5. The van der Waals surface area contributed by atoms with E-state index in [2.05, 4.69) is 15.5 Å². The number of aliphatic hydroxyl groups excluding tert-OH is 3. The molecular weight excluding hydrogens is 857 g/mol. The molecule has 18 atom stereocenters. The Bertz CT molecular complexity index is 1630. The smallest absolute Gasteiger partial charge is 0.311 e. The lowest BCUT2D eigenvalue weighted by Crippen LogP contribution is -2.60. The number of carbonyl (C=O) groups excluding carboxylic acids is 1. The first-order valence-corrected chi connectivity index (χ1v) is 24.1. The normalized spacial score (nSPS) is 41.8. The van der Waals surface area contributed by atoms with Crippen LogP contribution in [-0.4, -0.2) is 178 Å². The fourth-order valence-corrected chi connectivity index (χ4v) is 10.4. The minimum atomic E-state index is -1.88. The van der Waals surface area contributed by atoms with Crippen LogP contribution in [0.3, 0.4) is 0 Å². The summed E-state index contributed by atoms with van der Waals surface area (Å²) in [5, 5.41) is 66.9. The average molecular weight is 941 g/mol. The van der Waals surface area contributed by atoms with Gasteiger partial charge in [0.25, 0.3) is 0 Å². The molecule has 0 aliphatic carbocycles. The number of carbonyl (C=O) groups is 1. The molecule has 0 amide bonds. The molecule has 16 nitrogen and oxygen atoms in total. The van der Waals surface area contributed by atoms with Gasteiger partial charge in [0.2, 0.25) is 0 Å². The highest BCUT2D eigenvalue weighted by atomic mass is 32.1. The molecule has 3 aliphatic heterocycles. The number of nitrogens with one attached hydrogen (secondary N) is 2. The van der Waals surface area contributed by atoms with Crippen molar-refractivity contribution >= 4 is 23.3 Å². The van der Waals surface area contributed by atoms with Gasteiger partial charge in [-0.15, -0.1) is 0 Å². The summed E-state index contributed by atoms with van der Waals surface area (Å²) in [6.45, 7) is 19.7. The summed E-state index contributed by atoms with van der Waals surface area (Å²) >= 11 is 5.56. The van der Waals surface area contributed by atoms with E-state index in [4.69, 9.17) is 40.6 Å². The number of rotatable bonds is 13. The van der Waals surface area contributed by atoms with Crippen molar-refractivity contribution < 1.29 is 58.7 Å². The standard InChI is InChI=1S/C48H84N4O12S/c1-14-36-48(10,58)40(54)32(6)52(22-18-21-49-45(65)50-26-34-19-16-15-17-20-34)27-28(2)24-46(8,57)42(64-44-38(53)35(51(11)12)23-29(3)60-44)30(4)39(31(5)43(56)62-36)63-37-25-47(9,59-13)41(55)33(7)61-37/h15-17,19-20,28-33,35-42,44,53-55,57-58H,14,18,21-27H2,1-13H3,(H2,49,50,65)/t28-,29-,30+,31-,32-,33+,35+,36-,37+,38-,39+,40-,41+,42-,44+,46-,47-,48-/m1/s1. The molecule has 3 heterocycles. The molecule has 3 saturated heterocycles. The number of hydrogen-bond acceptors (Lipinski definition) is 15. The number of methoxy groups -OCH3 is 1. The van der Waals surface area contributed by atoms with E-state index in [0.717, 1.165) is 5.56 Å². The first-order valence-electron chi connectivity index (χ1n) is 23.7. The van der Waals surface area contributed by atoms with E-state index in [1.165, 1.54) is 14.0 Å². The Morgan fingerprint density at radius 1 is 0.954 bits per heavy atom. The van der Waals surface area contributed by atoms with Crippen LogP contribution in [-0.2, 0) is 39.8 Å². The minimum Gasteiger partial charge on any atom is -0.459 e. The molecule has 0 radical (unpaired) electrons. The number of thiocarbonyl (C=S) groups is 1. The average Bonchev–Trinajstić information content (AvgIpc) is 3.25. The third-order valence-corrected chi connectivity index (χ3v) is 14.5. The molecular formula is C48H84N4O12S. The number of likely N-dealkylation sites (N-methyl/N-ethyl adjacent to an activating group) is 1. The SMILES string of the molecule is CC[C@H]1OC(=O)[C@H](C)[C@@H](O[C@H]2C[C@@](C)(OC)[C@@H](O)[C@H](C)O2)[C@H](C)[C@@H](O[C@@H]2O[C@H](C)C[C@H](N(C)C)[C@H]2O)[C@](C)(O)C[C@@H](C)CN(CCCNC(=S)NCc2ccccc2)[C@H](C)[C@@H](O)[C@]1(C)O. The van der Waals surface area contributed by atoms with Crippen molar-refractivity contribution in [3.8, 4) is 0 Å². The number of benzene rings is 1. The van der Waals surface area contributed by atoms with Gasteiger partial charge in [0.15, 0.2) is 17.7 Å². The van der Waals surface area contributed by atoms with Crippen LogP contribution >= 0.6 is 12.2 Å². The Balaban J connectivity index is 1.72. The second-order valence-corrected chi connectivity index (χ2v) is 20.6. The van der Waals surface area contributed by atoms with Gasteiger partial charge in [-0.2, -0.15) is 0 Å². The van der Waals surface area contributed by atoms with E-state index in [9.17, 15) is 30.3 Å². The molecule has 0 spiro atoms. The van der Waals surface area contributed by atoms with Crippen LogP contribution in [0.1, 0.15) is 107 Å². The number of aliphatic hydroxyl groups is 5. The van der Waals surface area contributed by atoms with Crippen molar-refractivity contribution in [1.29, 1.82) is 0 Å². The Labute approximate surface area is 394 Å². The number of hydrogen-bond donors (Lipinski definition) is 7. The van der Waals surface area contributed by atoms with E-state index >= 15 is 0 Å². The molecule has 17 heteroatoms. The van der Waals surface area contributed by atoms with Crippen molar-refractivity contribution in [3.63, 3.8) is 0 Å². The fraction of sp³-hybridized carbons (Fsp3) is 0.833. The monoisotopic (exact) mass is 941 g/mol. The lowest BCUT2D eigenvalue weighted by atomic mass is 9.77. The van der Waals surface area contributed by atoms with E-state index < -0.39 is 96.0 Å². The van der Waals surface area contributed by atoms with Gasteiger partial charge in [-0.25, -0.2) is 0 Å². The van der Waals surface area contributed by atoms with Crippen LogP contribution in [0.2, 0.25) is 0 Å². The maximum absolute atomic E-state index is 14.5. The molecule has 1 aromatic carbocycles. The fourth-order valence-electron chi connectivity index (χ4n) is 10.2. The molecule has 4 rings (SSSR count). The van der Waals surface area contributed by atoms with E-state index in [1.54, 1.807) is 34.6 Å². The zero-order valence-corrected chi connectivity index (χ0v) is 42.1. The van der Waals surface area contributed by atoms with Gasteiger partial charge in [0.1, 0.15) is 30.0 Å².